The second-order valence-corrected chi connectivity index (χ2v) is 5.64. The lowest BCUT2D eigenvalue weighted by Crippen LogP contribution is -2.20. The van der Waals surface area contributed by atoms with Gasteiger partial charge < -0.3 is 9.47 Å². The molecule has 1 saturated heterocycles. The van der Waals surface area contributed by atoms with Crippen molar-refractivity contribution >= 4 is 17.7 Å². The van der Waals surface area contributed by atoms with Crippen molar-refractivity contribution in [2.75, 3.05) is 24.7 Å². The van der Waals surface area contributed by atoms with E-state index in [1.54, 1.807) is 13.1 Å². The Morgan fingerprint density at radius 2 is 2.40 bits per heavy atom. The van der Waals surface area contributed by atoms with Gasteiger partial charge in [-0.25, -0.2) is 14.8 Å². The highest BCUT2D eigenvalue weighted by molar-refractivity contribution is 7.99. The SMILES string of the molecule is CCCc1nc(C2CSCCO2)ncc1C(=O)OCC. The molecule has 0 N–H and O–H groups in total. The molecule has 2 rings (SSSR count). The molecule has 1 fully saturated rings. The first-order chi connectivity index (χ1) is 9.76. The van der Waals surface area contributed by atoms with E-state index in [0.29, 0.717) is 18.0 Å². The molecule has 0 bridgehead atoms. The van der Waals surface area contributed by atoms with E-state index >= 15 is 0 Å². The number of ether oxygens (including phenoxy) is 2. The number of rotatable bonds is 5. The van der Waals surface area contributed by atoms with Crippen molar-refractivity contribution in [2.45, 2.75) is 32.8 Å². The first kappa shape index (κ1) is 15.3. The zero-order valence-electron chi connectivity index (χ0n) is 11.9. The molecule has 1 aliphatic rings. The molecule has 1 unspecified atom stereocenters. The average Bonchev–Trinajstić information content (AvgIpc) is 2.48. The summed E-state index contributed by atoms with van der Waals surface area (Å²) in [7, 11) is 0. The summed E-state index contributed by atoms with van der Waals surface area (Å²) in [5.41, 5.74) is 1.23. The fourth-order valence-corrected chi connectivity index (χ4v) is 2.87. The topological polar surface area (TPSA) is 61.3 Å². The Kier molecular flexibility index (Phi) is 5.79. The third-order valence-electron chi connectivity index (χ3n) is 2.97. The summed E-state index contributed by atoms with van der Waals surface area (Å²) >= 11 is 1.84. The van der Waals surface area contributed by atoms with Crippen LogP contribution in [0.5, 0.6) is 0 Å². The molecule has 0 spiro atoms. The van der Waals surface area contributed by atoms with Gasteiger partial charge in [-0.3, -0.25) is 0 Å². The lowest BCUT2D eigenvalue weighted by atomic mass is 10.1. The van der Waals surface area contributed by atoms with Crippen LogP contribution in [-0.2, 0) is 15.9 Å². The van der Waals surface area contributed by atoms with E-state index in [-0.39, 0.29) is 12.1 Å². The fraction of sp³-hybridized carbons (Fsp3) is 0.643. The molecule has 0 amide bonds. The molecule has 0 aliphatic carbocycles. The van der Waals surface area contributed by atoms with E-state index in [9.17, 15) is 4.79 Å². The molecule has 0 aromatic carbocycles. The van der Waals surface area contributed by atoms with E-state index in [1.807, 2.05) is 11.8 Å². The minimum Gasteiger partial charge on any atom is -0.462 e. The molecule has 1 aromatic rings. The number of thioether (sulfide) groups is 1. The van der Waals surface area contributed by atoms with Gasteiger partial charge in [0.15, 0.2) is 5.82 Å². The Morgan fingerprint density at radius 3 is 3.05 bits per heavy atom. The number of aryl methyl sites for hydroxylation is 1. The van der Waals surface area contributed by atoms with Crippen molar-refractivity contribution in [3.8, 4) is 0 Å². The van der Waals surface area contributed by atoms with Crippen molar-refractivity contribution in [3.63, 3.8) is 0 Å². The summed E-state index contributed by atoms with van der Waals surface area (Å²) < 4.78 is 10.7. The molecule has 0 saturated carbocycles. The maximum atomic E-state index is 11.9. The zero-order valence-corrected chi connectivity index (χ0v) is 12.7. The summed E-state index contributed by atoms with van der Waals surface area (Å²) in [4.78, 5) is 20.7. The van der Waals surface area contributed by atoms with Crippen LogP contribution in [0, 0.1) is 0 Å². The van der Waals surface area contributed by atoms with Crippen LogP contribution < -0.4 is 0 Å². The largest absolute Gasteiger partial charge is 0.462 e. The normalized spacial score (nSPS) is 18.8. The van der Waals surface area contributed by atoms with Crippen molar-refractivity contribution < 1.29 is 14.3 Å². The lowest BCUT2D eigenvalue weighted by molar-refractivity contribution is 0.0520. The van der Waals surface area contributed by atoms with Gasteiger partial charge in [-0.05, 0) is 13.3 Å². The van der Waals surface area contributed by atoms with Crippen LogP contribution in [-0.4, -0.2) is 40.7 Å². The predicted octanol–water partition coefficient (Wildman–Crippen LogP) is 2.41. The molecule has 1 aliphatic heterocycles. The van der Waals surface area contributed by atoms with Crippen molar-refractivity contribution in [1.82, 2.24) is 9.97 Å². The second kappa shape index (κ2) is 7.59. The number of carbonyl (C=O) groups excluding carboxylic acids is 1. The van der Waals surface area contributed by atoms with Gasteiger partial charge in [0.1, 0.15) is 6.10 Å². The molecule has 0 radical (unpaired) electrons. The Balaban J connectivity index is 2.23. The smallest absolute Gasteiger partial charge is 0.341 e. The molecule has 1 aromatic heterocycles. The van der Waals surface area contributed by atoms with Gasteiger partial charge in [-0.15, -0.1) is 0 Å². The van der Waals surface area contributed by atoms with Crippen LogP contribution >= 0.6 is 11.8 Å². The maximum absolute atomic E-state index is 11.9. The standard InChI is InChI=1S/C14H20N2O3S/c1-3-5-11-10(14(17)18-4-2)8-15-13(16-11)12-9-20-7-6-19-12/h8,12H,3-7,9H2,1-2H3. The highest BCUT2D eigenvalue weighted by Crippen LogP contribution is 2.24. The Labute approximate surface area is 123 Å². The molecule has 2 heterocycles. The molecule has 6 heteroatoms. The number of esters is 1. The first-order valence-corrected chi connectivity index (χ1v) is 8.14. The van der Waals surface area contributed by atoms with E-state index in [1.165, 1.54) is 0 Å². The van der Waals surface area contributed by atoms with E-state index < -0.39 is 0 Å². The molecular weight excluding hydrogens is 276 g/mol. The molecule has 5 nitrogen and oxygen atoms in total. The number of hydrogen-bond donors (Lipinski definition) is 0. The molecule has 20 heavy (non-hydrogen) atoms. The second-order valence-electron chi connectivity index (χ2n) is 4.49. The van der Waals surface area contributed by atoms with Crippen LogP contribution in [0.15, 0.2) is 6.20 Å². The quantitative estimate of drug-likeness (QED) is 0.778. The minimum atomic E-state index is -0.346. The maximum Gasteiger partial charge on any atom is 0.341 e. The average molecular weight is 296 g/mol. The summed E-state index contributed by atoms with van der Waals surface area (Å²) in [6, 6.07) is 0. The van der Waals surface area contributed by atoms with Gasteiger partial charge in [-0.1, -0.05) is 13.3 Å². The van der Waals surface area contributed by atoms with Gasteiger partial charge >= 0.3 is 5.97 Å². The van der Waals surface area contributed by atoms with Crippen LogP contribution in [0.1, 0.15) is 48.2 Å². The fourth-order valence-electron chi connectivity index (χ4n) is 2.03. The number of nitrogens with zero attached hydrogens (tertiary/aromatic N) is 2. The highest BCUT2D eigenvalue weighted by Gasteiger charge is 2.22. The van der Waals surface area contributed by atoms with E-state index in [0.717, 1.165) is 36.6 Å². The van der Waals surface area contributed by atoms with Crippen LogP contribution in [0.3, 0.4) is 0 Å². The van der Waals surface area contributed by atoms with Gasteiger partial charge in [0, 0.05) is 17.7 Å². The third kappa shape index (κ3) is 3.70. The Bertz CT molecular complexity index is 462. The van der Waals surface area contributed by atoms with Crippen molar-refractivity contribution in [1.29, 1.82) is 0 Å². The molecule has 1 atom stereocenters. The molecule has 110 valence electrons. The van der Waals surface area contributed by atoms with Crippen LogP contribution in [0.25, 0.3) is 0 Å². The van der Waals surface area contributed by atoms with Crippen LogP contribution in [0.4, 0.5) is 0 Å². The monoisotopic (exact) mass is 296 g/mol. The zero-order chi connectivity index (χ0) is 14.4. The third-order valence-corrected chi connectivity index (χ3v) is 3.97. The Hall–Kier alpha value is -1.14. The van der Waals surface area contributed by atoms with Crippen molar-refractivity contribution in [3.05, 3.63) is 23.3 Å². The van der Waals surface area contributed by atoms with Crippen LogP contribution in [0.2, 0.25) is 0 Å². The number of hydrogen-bond acceptors (Lipinski definition) is 6. The first-order valence-electron chi connectivity index (χ1n) is 6.98. The van der Waals surface area contributed by atoms with Crippen molar-refractivity contribution in [2.24, 2.45) is 0 Å². The van der Waals surface area contributed by atoms with E-state index in [2.05, 4.69) is 16.9 Å². The predicted molar refractivity (Wildman–Crippen MR) is 78.0 cm³/mol. The summed E-state index contributed by atoms with van der Waals surface area (Å²) in [5, 5.41) is 0. The van der Waals surface area contributed by atoms with E-state index in [4.69, 9.17) is 9.47 Å². The number of carbonyl (C=O) groups is 1. The van der Waals surface area contributed by atoms with Gasteiger partial charge in [0.2, 0.25) is 0 Å². The summed E-state index contributed by atoms with van der Waals surface area (Å²) in [6.45, 7) is 4.93. The van der Waals surface area contributed by atoms with Gasteiger partial charge in [0.05, 0.1) is 24.5 Å². The van der Waals surface area contributed by atoms with Gasteiger partial charge in [-0.2, -0.15) is 11.8 Å². The summed E-state index contributed by atoms with van der Waals surface area (Å²) in [6.07, 6.45) is 3.17. The minimum absolute atomic E-state index is 0.0689. The number of aromatic nitrogens is 2. The molecular formula is C14H20N2O3S. The summed E-state index contributed by atoms with van der Waals surface area (Å²) in [5.74, 6) is 2.21. The van der Waals surface area contributed by atoms with Gasteiger partial charge in [0.25, 0.3) is 0 Å². The highest BCUT2D eigenvalue weighted by atomic mass is 32.2. The Morgan fingerprint density at radius 1 is 1.55 bits per heavy atom. The lowest BCUT2D eigenvalue weighted by Gasteiger charge is -2.21.